The minimum atomic E-state index is 0.620. The van der Waals surface area contributed by atoms with Crippen LogP contribution in [-0.4, -0.2) is 88.3 Å². The van der Waals surface area contributed by atoms with Gasteiger partial charge in [0.05, 0.1) is 13.2 Å². The lowest BCUT2D eigenvalue weighted by Gasteiger charge is -2.53. The van der Waals surface area contributed by atoms with Crippen LogP contribution in [0.3, 0.4) is 0 Å². The maximum atomic E-state index is 5.10. The van der Waals surface area contributed by atoms with Gasteiger partial charge in [-0.25, -0.2) is 0 Å². The predicted molar refractivity (Wildman–Crippen MR) is 98.2 cm³/mol. The van der Waals surface area contributed by atoms with Gasteiger partial charge in [0.2, 0.25) is 0 Å². The fraction of sp³-hybridized carbons (Fsp3) is 1.00. The molecule has 2 unspecified atom stereocenters. The van der Waals surface area contributed by atoms with Gasteiger partial charge < -0.3 is 19.4 Å². The zero-order valence-electron chi connectivity index (χ0n) is 16.1. The molecule has 0 radical (unpaired) electrons. The third-order valence-corrected chi connectivity index (χ3v) is 7.19. The zero-order chi connectivity index (χ0) is 16.8. The van der Waals surface area contributed by atoms with Crippen LogP contribution in [0, 0.1) is 22.7 Å². The summed E-state index contributed by atoms with van der Waals surface area (Å²) in [4.78, 5) is 7.21. The van der Waals surface area contributed by atoms with Crippen molar-refractivity contribution in [2.45, 2.75) is 32.1 Å². The van der Waals surface area contributed by atoms with Crippen LogP contribution in [0.25, 0.3) is 0 Å². The van der Waals surface area contributed by atoms with Gasteiger partial charge in [-0.15, -0.1) is 0 Å². The molecule has 0 N–H and O–H groups in total. The van der Waals surface area contributed by atoms with Crippen LogP contribution in [0.4, 0.5) is 0 Å². The molecule has 0 bridgehead atoms. The molecular weight excluding hydrogens is 298 g/mol. The number of rotatable bonds is 0. The Balaban J connectivity index is 0.0000000918. The fourth-order valence-electron chi connectivity index (χ4n) is 5.07. The Labute approximate surface area is 148 Å². The van der Waals surface area contributed by atoms with E-state index in [-0.39, 0.29) is 0 Å². The first-order valence-electron chi connectivity index (χ1n) is 10.1. The molecule has 0 amide bonds. The quantitative estimate of drug-likeness (QED) is 0.674. The molecule has 4 aliphatic heterocycles. The van der Waals surface area contributed by atoms with E-state index in [1.165, 1.54) is 71.4 Å². The van der Waals surface area contributed by atoms with Crippen LogP contribution in [0.15, 0.2) is 0 Å². The molecule has 24 heavy (non-hydrogen) atoms. The van der Waals surface area contributed by atoms with E-state index < -0.39 is 0 Å². The molecule has 6 aliphatic rings. The maximum absolute atomic E-state index is 5.10. The molecule has 138 valence electrons. The van der Waals surface area contributed by atoms with Crippen molar-refractivity contribution in [1.82, 2.24) is 14.7 Å². The van der Waals surface area contributed by atoms with Gasteiger partial charge in [-0.1, -0.05) is 0 Å². The summed E-state index contributed by atoms with van der Waals surface area (Å²) in [5.41, 5.74) is 1.49. The topological polar surface area (TPSA) is 19.0 Å². The molecule has 2 aliphatic carbocycles. The van der Waals surface area contributed by atoms with Crippen molar-refractivity contribution in [1.29, 1.82) is 0 Å². The molecule has 0 aromatic carbocycles. The van der Waals surface area contributed by atoms with Gasteiger partial charge in [0.15, 0.2) is 0 Å². The maximum Gasteiger partial charge on any atom is 0.0569 e. The summed E-state index contributed by atoms with van der Waals surface area (Å²) in [7, 11) is 6.60. The molecule has 2 spiro atoms. The third kappa shape index (κ3) is 3.98. The Morgan fingerprint density at radius 1 is 0.708 bits per heavy atom. The Kier molecular flexibility index (Phi) is 4.70. The Morgan fingerprint density at radius 3 is 1.58 bits per heavy atom. The summed E-state index contributed by atoms with van der Waals surface area (Å²) in [6, 6.07) is 0. The van der Waals surface area contributed by atoms with Gasteiger partial charge in [-0.3, -0.25) is 0 Å². The number of nitrogens with zero attached hydrogens (tertiary/aromatic N) is 3. The number of hydrogen-bond acceptors (Lipinski definition) is 4. The van der Waals surface area contributed by atoms with E-state index in [0.29, 0.717) is 5.41 Å². The van der Waals surface area contributed by atoms with Crippen LogP contribution < -0.4 is 0 Å². The minimum Gasteiger partial charge on any atom is -0.380 e. The molecule has 6 rings (SSSR count). The number of hydrogen-bond donors (Lipinski definition) is 0. The van der Waals surface area contributed by atoms with E-state index in [2.05, 4.69) is 35.8 Å². The van der Waals surface area contributed by atoms with Crippen molar-refractivity contribution in [2.24, 2.45) is 22.7 Å². The average molecular weight is 336 g/mol. The monoisotopic (exact) mass is 335 g/mol. The van der Waals surface area contributed by atoms with Crippen LogP contribution in [0.5, 0.6) is 0 Å². The average Bonchev–Trinajstić information content (AvgIpc) is 3.38. The second-order valence-electron chi connectivity index (χ2n) is 9.95. The molecule has 4 heteroatoms. The van der Waals surface area contributed by atoms with Crippen molar-refractivity contribution >= 4 is 0 Å². The van der Waals surface area contributed by atoms with Crippen molar-refractivity contribution in [3.05, 3.63) is 0 Å². The second-order valence-corrected chi connectivity index (χ2v) is 9.95. The highest BCUT2D eigenvalue weighted by Gasteiger charge is 2.47. The number of piperidine rings is 2. The third-order valence-electron chi connectivity index (χ3n) is 7.19. The molecule has 2 atom stereocenters. The number of fused-ring (bicyclic) bond motifs is 1. The molecule has 6 fully saturated rings. The van der Waals surface area contributed by atoms with E-state index in [0.717, 1.165) is 30.5 Å². The molecule has 2 saturated carbocycles. The summed E-state index contributed by atoms with van der Waals surface area (Å²) in [5.74, 6) is 2.23. The summed E-state index contributed by atoms with van der Waals surface area (Å²) in [5, 5.41) is 0. The Hall–Kier alpha value is -0.160. The van der Waals surface area contributed by atoms with Gasteiger partial charge >= 0.3 is 0 Å². The van der Waals surface area contributed by atoms with Gasteiger partial charge in [0.1, 0.15) is 0 Å². The number of likely N-dealkylation sites (tertiary alicyclic amines) is 3. The van der Waals surface area contributed by atoms with E-state index in [9.17, 15) is 0 Å². The smallest absolute Gasteiger partial charge is 0.0569 e. The minimum absolute atomic E-state index is 0.620. The van der Waals surface area contributed by atoms with Crippen LogP contribution in [0.2, 0.25) is 0 Å². The van der Waals surface area contributed by atoms with Crippen LogP contribution in [0.1, 0.15) is 32.1 Å². The van der Waals surface area contributed by atoms with Gasteiger partial charge in [0, 0.05) is 31.6 Å². The van der Waals surface area contributed by atoms with Gasteiger partial charge in [-0.2, -0.15) is 0 Å². The van der Waals surface area contributed by atoms with E-state index >= 15 is 0 Å². The molecule has 4 saturated heterocycles. The molecule has 0 aromatic rings. The largest absolute Gasteiger partial charge is 0.380 e. The Morgan fingerprint density at radius 2 is 1.29 bits per heavy atom. The lowest BCUT2D eigenvalue weighted by Crippen LogP contribution is -2.64. The number of ether oxygens (including phenoxy) is 1. The SMILES string of the molecule is CN1CC2(COC2)C1.CN1CC2CC2C1.CN1CCC2(CC1)CC2. The van der Waals surface area contributed by atoms with Crippen molar-refractivity contribution in [3.63, 3.8) is 0 Å². The molecule has 4 heterocycles. The van der Waals surface area contributed by atoms with Crippen LogP contribution in [-0.2, 0) is 4.74 Å². The predicted octanol–water partition coefficient (Wildman–Crippen LogP) is 2.01. The lowest BCUT2D eigenvalue weighted by molar-refractivity contribution is -0.182. The van der Waals surface area contributed by atoms with E-state index in [4.69, 9.17) is 4.74 Å². The van der Waals surface area contributed by atoms with Crippen molar-refractivity contribution < 1.29 is 4.74 Å². The summed E-state index contributed by atoms with van der Waals surface area (Å²) in [6.45, 7) is 9.99. The molecular formula is C20H37N3O. The highest BCUT2D eigenvalue weighted by molar-refractivity contribution is 4.98. The molecule has 4 nitrogen and oxygen atoms in total. The van der Waals surface area contributed by atoms with E-state index in [1.807, 2.05) is 0 Å². The summed E-state index contributed by atoms with van der Waals surface area (Å²) < 4.78 is 5.10. The van der Waals surface area contributed by atoms with Gasteiger partial charge in [0.25, 0.3) is 0 Å². The lowest BCUT2D eigenvalue weighted by atomic mass is 9.79. The highest BCUT2D eigenvalue weighted by Crippen LogP contribution is 2.53. The van der Waals surface area contributed by atoms with E-state index in [1.54, 1.807) is 0 Å². The first kappa shape index (κ1) is 17.3. The van der Waals surface area contributed by atoms with Crippen molar-refractivity contribution in [3.8, 4) is 0 Å². The Bertz CT molecular complexity index is 418. The van der Waals surface area contributed by atoms with Gasteiger partial charge in [-0.05, 0) is 83.6 Å². The standard InChI is InChI=1S/C8H15N.C6H11NO.C6H11N/c1-9-6-4-8(2-3-8)5-7-9;1-7-2-6(3-7)4-8-5-6;1-7-3-5-2-6(5)4-7/h2-7H2,1H3;2-5H2,1H3;5-6H,2-4H2,1H3. The van der Waals surface area contributed by atoms with Crippen LogP contribution >= 0.6 is 0 Å². The first-order chi connectivity index (χ1) is 11.5. The zero-order valence-corrected chi connectivity index (χ0v) is 16.1. The second kappa shape index (κ2) is 6.53. The fourth-order valence-corrected chi connectivity index (χ4v) is 5.07. The first-order valence-corrected chi connectivity index (χ1v) is 10.1. The normalized spacial score (nSPS) is 38.1. The van der Waals surface area contributed by atoms with Crippen molar-refractivity contribution in [2.75, 3.05) is 73.6 Å². The summed E-state index contributed by atoms with van der Waals surface area (Å²) in [6.07, 6.45) is 7.54. The summed E-state index contributed by atoms with van der Waals surface area (Å²) >= 11 is 0. The highest BCUT2D eigenvalue weighted by atomic mass is 16.5. The molecule has 0 aromatic heterocycles.